The van der Waals surface area contributed by atoms with Crippen LogP contribution in [0.25, 0.3) is 0 Å². The lowest BCUT2D eigenvalue weighted by Gasteiger charge is -2.36. The summed E-state index contributed by atoms with van der Waals surface area (Å²) in [5.41, 5.74) is 0.558. The van der Waals surface area contributed by atoms with Crippen LogP contribution in [-0.2, 0) is 0 Å². The van der Waals surface area contributed by atoms with Crippen molar-refractivity contribution < 1.29 is 29.6 Å². The third-order valence-corrected chi connectivity index (χ3v) is 4.76. The Kier molecular flexibility index (Phi) is 5.87. The highest BCUT2D eigenvalue weighted by Gasteiger charge is 2.44. The SMILES string of the molecule is O=C1c2ccc(OCCCCCO)cc2C(=O)N1C1CCC(O)NC1O. The van der Waals surface area contributed by atoms with Crippen molar-refractivity contribution in [3.63, 3.8) is 0 Å². The summed E-state index contributed by atoms with van der Waals surface area (Å²) in [5, 5.41) is 30.9. The summed E-state index contributed by atoms with van der Waals surface area (Å²) in [6.45, 7) is 0.623. The topological polar surface area (TPSA) is 119 Å². The molecule has 2 amide bonds. The summed E-state index contributed by atoms with van der Waals surface area (Å²) in [7, 11) is 0. The van der Waals surface area contributed by atoms with Crippen LogP contribution in [-0.4, -0.2) is 63.7 Å². The molecule has 0 bridgehead atoms. The Morgan fingerprint density at radius 2 is 1.85 bits per heavy atom. The molecule has 2 aliphatic heterocycles. The maximum absolute atomic E-state index is 12.7. The second-order valence-electron chi connectivity index (χ2n) is 6.59. The van der Waals surface area contributed by atoms with Gasteiger partial charge in [-0.1, -0.05) is 0 Å². The van der Waals surface area contributed by atoms with Crippen molar-refractivity contribution in [3.8, 4) is 5.75 Å². The minimum Gasteiger partial charge on any atom is -0.494 e. The quantitative estimate of drug-likeness (QED) is 0.403. The van der Waals surface area contributed by atoms with E-state index in [1.807, 2.05) is 0 Å². The number of hydrogen-bond acceptors (Lipinski definition) is 7. The van der Waals surface area contributed by atoms with Crippen LogP contribution in [0.5, 0.6) is 5.75 Å². The minimum atomic E-state index is -1.16. The molecule has 8 nitrogen and oxygen atoms in total. The van der Waals surface area contributed by atoms with E-state index >= 15 is 0 Å². The molecule has 0 radical (unpaired) electrons. The van der Waals surface area contributed by atoms with E-state index in [9.17, 15) is 19.8 Å². The summed E-state index contributed by atoms with van der Waals surface area (Å²) in [6, 6.07) is 4.06. The van der Waals surface area contributed by atoms with Crippen molar-refractivity contribution in [2.75, 3.05) is 13.2 Å². The lowest BCUT2D eigenvalue weighted by Crippen LogP contribution is -2.58. The molecule has 3 unspecified atom stereocenters. The fourth-order valence-electron chi connectivity index (χ4n) is 3.36. The molecule has 0 aromatic heterocycles. The van der Waals surface area contributed by atoms with Crippen LogP contribution in [0, 0.1) is 0 Å². The summed E-state index contributed by atoms with van der Waals surface area (Å²) < 4.78 is 5.62. The molecule has 26 heavy (non-hydrogen) atoms. The smallest absolute Gasteiger partial charge is 0.262 e. The highest BCUT2D eigenvalue weighted by atomic mass is 16.5. The highest BCUT2D eigenvalue weighted by molar-refractivity contribution is 6.21. The van der Waals surface area contributed by atoms with Crippen LogP contribution in [0.15, 0.2) is 18.2 Å². The first kappa shape index (κ1) is 18.8. The molecule has 2 heterocycles. The Bertz CT molecular complexity index is 680. The van der Waals surface area contributed by atoms with E-state index in [-0.39, 0.29) is 12.2 Å². The first-order valence-electron chi connectivity index (χ1n) is 8.90. The number of nitrogens with one attached hydrogen (secondary N) is 1. The fraction of sp³-hybridized carbons (Fsp3) is 0.556. The molecule has 0 aliphatic carbocycles. The van der Waals surface area contributed by atoms with E-state index in [0.717, 1.165) is 24.2 Å². The molecule has 1 fully saturated rings. The Morgan fingerprint density at radius 1 is 1.08 bits per heavy atom. The lowest BCUT2D eigenvalue weighted by atomic mass is 10.0. The van der Waals surface area contributed by atoms with E-state index < -0.39 is 30.3 Å². The summed E-state index contributed by atoms with van der Waals surface area (Å²) >= 11 is 0. The van der Waals surface area contributed by atoms with Crippen LogP contribution in [0.1, 0.15) is 52.8 Å². The van der Waals surface area contributed by atoms with Gasteiger partial charge in [0, 0.05) is 6.61 Å². The van der Waals surface area contributed by atoms with Gasteiger partial charge in [-0.15, -0.1) is 0 Å². The highest BCUT2D eigenvalue weighted by Crippen LogP contribution is 2.31. The molecule has 3 atom stereocenters. The van der Waals surface area contributed by atoms with E-state index in [2.05, 4.69) is 5.32 Å². The third-order valence-electron chi connectivity index (χ3n) is 4.76. The number of carbonyl (C=O) groups excluding carboxylic acids is 2. The Morgan fingerprint density at radius 3 is 2.58 bits per heavy atom. The zero-order valence-corrected chi connectivity index (χ0v) is 14.4. The number of aliphatic hydroxyl groups excluding tert-OH is 3. The minimum absolute atomic E-state index is 0.157. The number of ether oxygens (including phenoxy) is 1. The number of imide groups is 1. The molecule has 1 aromatic carbocycles. The van der Waals surface area contributed by atoms with E-state index in [1.54, 1.807) is 18.2 Å². The van der Waals surface area contributed by atoms with E-state index in [4.69, 9.17) is 9.84 Å². The first-order valence-corrected chi connectivity index (χ1v) is 8.90. The van der Waals surface area contributed by atoms with Gasteiger partial charge in [-0.05, 0) is 50.3 Å². The van der Waals surface area contributed by atoms with Crippen molar-refractivity contribution in [1.82, 2.24) is 10.2 Å². The maximum Gasteiger partial charge on any atom is 0.262 e. The molecular weight excluding hydrogens is 340 g/mol. The Labute approximate surface area is 151 Å². The molecular formula is C18H24N2O6. The van der Waals surface area contributed by atoms with Gasteiger partial charge in [-0.3, -0.25) is 19.8 Å². The van der Waals surface area contributed by atoms with Gasteiger partial charge < -0.3 is 20.1 Å². The third kappa shape index (κ3) is 3.73. The molecule has 1 saturated heterocycles. The Hall–Kier alpha value is -2.00. The second-order valence-corrected chi connectivity index (χ2v) is 6.59. The van der Waals surface area contributed by atoms with Crippen molar-refractivity contribution in [2.24, 2.45) is 0 Å². The molecule has 2 aliphatic rings. The van der Waals surface area contributed by atoms with Gasteiger partial charge in [0.1, 0.15) is 18.2 Å². The predicted octanol–water partition coefficient (Wildman–Crippen LogP) is 0.213. The number of aliphatic hydroxyl groups is 3. The standard InChI is InChI=1S/C18H24N2O6/c21-8-2-1-3-9-26-11-4-5-12-13(10-11)18(25)20(17(12)24)14-6-7-15(22)19-16(14)23/h4-5,10,14-16,19,21-23H,1-3,6-9H2. The number of amides is 2. The second kappa shape index (κ2) is 8.13. The van der Waals surface area contributed by atoms with E-state index in [1.165, 1.54) is 0 Å². The molecule has 142 valence electrons. The number of fused-ring (bicyclic) bond motifs is 1. The van der Waals surface area contributed by atoms with Crippen molar-refractivity contribution in [2.45, 2.75) is 50.6 Å². The van der Waals surface area contributed by atoms with Gasteiger partial charge in [-0.25, -0.2) is 0 Å². The lowest BCUT2D eigenvalue weighted by molar-refractivity contribution is -0.0413. The molecule has 0 spiro atoms. The molecule has 3 rings (SSSR count). The van der Waals surface area contributed by atoms with E-state index in [0.29, 0.717) is 30.8 Å². The van der Waals surface area contributed by atoms with Crippen LogP contribution in [0.3, 0.4) is 0 Å². The average molecular weight is 364 g/mol. The van der Waals surface area contributed by atoms with Gasteiger partial charge in [0.25, 0.3) is 11.8 Å². The largest absolute Gasteiger partial charge is 0.494 e. The van der Waals surface area contributed by atoms with Gasteiger partial charge >= 0.3 is 0 Å². The summed E-state index contributed by atoms with van der Waals surface area (Å²) in [4.78, 5) is 26.4. The van der Waals surface area contributed by atoms with Crippen molar-refractivity contribution >= 4 is 11.8 Å². The van der Waals surface area contributed by atoms with Crippen LogP contribution in [0.4, 0.5) is 0 Å². The molecule has 0 saturated carbocycles. The van der Waals surface area contributed by atoms with Crippen LogP contribution >= 0.6 is 0 Å². The number of unbranched alkanes of at least 4 members (excludes halogenated alkanes) is 2. The molecule has 4 N–H and O–H groups in total. The van der Waals surface area contributed by atoms with Gasteiger partial charge in [0.2, 0.25) is 0 Å². The number of carbonyl (C=O) groups is 2. The van der Waals surface area contributed by atoms with Crippen LogP contribution < -0.4 is 10.1 Å². The van der Waals surface area contributed by atoms with Crippen molar-refractivity contribution in [1.29, 1.82) is 0 Å². The van der Waals surface area contributed by atoms with Crippen molar-refractivity contribution in [3.05, 3.63) is 29.3 Å². The fourth-order valence-corrected chi connectivity index (χ4v) is 3.36. The van der Waals surface area contributed by atoms with Gasteiger partial charge in [-0.2, -0.15) is 0 Å². The average Bonchev–Trinajstić information content (AvgIpc) is 2.86. The van der Waals surface area contributed by atoms with Gasteiger partial charge in [0.05, 0.1) is 23.8 Å². The zero-order chi connectivity index (χ0) is 18.7. The van der Waals surface area contributed by atoms with Crippen LogP contribution in [0.2, 0.25) is 0 Å². The normalized spacial score (nSPS) is 25.5. The molecule has 8 heteroatoms. The number of hydrogen-bond donors (Lipinski definition) is 4. The van der Waals surface area contributed by atoms with Gasteiger partial charge in [0.15, 0.2) is 0 Å². The number of rotatable bonds is 7. The zero-order valence-electron chi connectivity index (χ0n) is 14.4. The first-order chi connectivity index (χ1) is 12.5. The number of nitrogens with zero attached hydrogens (tertiary/aromatic N) is 1. The monoisotopic (exact) mass is 364 g/mol. The number of benzene rings is 1. The number of piperidine rings is 1. The summed E-state index contributed by atoms with van der Waals surface area (Å²) in [6.07, 6.45) is 1.03. The molecule has 1 aromatic rings. The maximum atomic E-state index is 12.7. The summed E-state index contributed by atoms with van der Waals surface area (Å²) in [5.74, 6) is -0.395. The predicted molar refractivity (Wildman–Crippen MR) is 91.5 cm³/mol. The Balaban J connectivity index is 1.69.